The summed E-state index contributed by atoms with van der Waals surface area (Å²) in [5.41, 5.74) is 1.22. The normalized spacial score (nSPS) is 10.6. The molecule has 2 amide bonds. The van der Waals surface area contributed by atoms with E-state index >= 15 is 0 Å². The molecule has 0 radical (unpaired) electrons. The fourth-order valence-corrected chi connectivity index (χ4v) is 2.12. The van der Waals surface area contributed by atoms with Crippen molar-refractivity contribution in [1.82, 2.24) is 14.9 Å². The van der Waals surface area contributed by atoms with Gasteiger partial charge >= 0.3 is 0 Å². The second-order valence-corrected chi connectivity index (χ2v) is 5.12. The number of nitrogens with zero attached hydrogens (tertiary/aromatic N) is 3. The molecule has 9 heteroatoms. The number of aryl methyl sites for hydroxylation is 3. The van der Waals surface area contributed by atoms with E-state index in [1.54, 1.807) is 27.0 Å². The molecular formula is C15H15N5O4. The van der Waals surface area contributed by atoms with Crippen LogP contribution in [0.5, 0.6) is 0 Å². The number of anilines is 2. The van der Waals surface area contributed by atoms with Crippen LogP contribution in [0.2, 0.25) is 0 Å². The third-order valence-electron chi connectivity index (χ3n) is 3.37. The summed E-state index contributed by atoms with van der Waals surface area (Å²) in [7, 11) is 1.62. The number of hydrogen-bond acceptors (Lipinski definition) is 6. The maximum Gasteiger partial charge on any atom is 0.292 e. The van der Waals surface area contributed by atoms with E-state index in [1.165, 1.54) is 23.1 Å². The van der Waals surface area contributed by atoms with Crippen molar-refractivity contribution < 1.29 is 18.5 Å². The van der Waals surface area contributed by atoms with Gasteiger partial charge in [0.25, 0.3) is 11.8 Å². The highest BCUT2D eigenvalue weighted by Gasteiger charge is 2.19. The number of carbonyl (C=O) groups excluding carboxylic acids is 2. The molecule has 0 fully saturated rings. The van der Waals surface area contributed by atoms with Gasteiger partial charge < -0.3 is 19.6 Å². The lowest BCUT2D eigenvalue weighted by molar-refractivity contribution is 0.0993. The van der Waals surface area contributed by atoms with Crippen molar-refractivity contribution in [2.75, 3.05) is 10.6 Å². The lowest BCUT2D eigenvalue weighted by Crippen LogP contribution is -2.14. The van der Waals surface area contributed by atoms with Gasteiger partial charge in [-0.1, -0.05) is 5.16 Å². The zero-order valence-corrected chi connectivity index (χ0v) is 13.3. The maximum atomic E-state index is 12.3. The van der Waals surface area contributed by atoms with E-state index in [4.69, 9.17) is 8.94 Å². The van der Waals surface area contributed by atoms with E-state index in [-0.39, 0.29) is 11.5 Å². The van der Waals surface area contributed by atoms with Gasteiger partial charge in [0.05, 0.1) is 6.26 Å². The van der Waals surface area contributed by atoms with Crippen LogP contribution in [0.4, 0.5) is 11.5 Å². The molecule has 0 aliphatic rings. The topological polar surface area (TPSA) is 115 Å². The van der Waals surface area contributed by atoms with Crippen LogP contribution in [-0.2, 0) is 7.05 Å². The molecule has 0 saturated heterocycles. The van der Waals surface area contributed by atoms with Crippen LogP contribution in [0.25, 0.3) is 0 Å². The molecule has 24 heavy (non-hydrogen) atoms. The van der Waals surface area contributed by atoms with E-state index in [0.29, 0.717) is 23.0 Å². The molecular weight excluding hydrogens is 314 g/mol. The molecule has 3 rings (SSSR count). The van der Waals surface area contributed by atoms with Gasteiger partial charge in [0.1, 0.15) is 17.2 Å². The zero-order chi connectivity index (χ0) is 17.3. The van der Waals surface area contributed by atoms with Crippen LogP contribution in [0.3, 0.4) is 0 Å². The van der Waals surface area contributed by atoms with E-state index < -0.39 is 11.8 Å². The third-order valence-corrected chi connectivity index (χ3v) is 3.37. The van der Waals surface area contributed by atoms with Gasteiger partial charge in [0.2, 0.25) is 0 Å². The molecule has 2 N–H and O–H groups in total. The van der Waals surface area contributed by atoms with Crippen molar-refractivity contribution in [1.29, 1.82) is 0 Å². The molecule has 0 saturated carbocycles. The van der Waals surface area contributed by atoms with Crippen LogP contribution >= 0.6 is 0 Å². The summed E-state index contributed by atoms with van der Waals surface area (Å²) in [5.74, 6) is 0.167. The highest BCUT2D eigenvalue weighted by atomic mass is 16.5. The van der Waals surface area contributed by atoms with Gasteiger partial charge in [-0.15, -0.1) is 0 Å². The summed E-state index contributed by atoms with van der Waals surface area (Å²) in [5, 5.41) is 13.2. The fraction of sp³-hybridized carbons (Fsp3) is 0.200. The minimum Gasteiger partial charge on any atom is -0.459 e. The van der Waals surface area contributed by atoms with Gasteiger partial charge in [-0.3, -0.25) is 14.3 Å². The highest BCUT2D eigenvalue weighted by Crippen LogP contribution is 2.20. The van der Waals surface area contributed by atoms with Crippen molar-refractivity contribution in [2.24, 2.45) is 7.05 Å². The van der Waals surface area contributed by atoms with Crippen molar-refractivity contribution >= 4 is 23.3 Å². The van der Waals surface area contributed by atoms with Gasteiger partial charge in [0, 0.05) is 13.1 Å². The minimum absolute atomic E-state index is 0.146. The third kappa shape index (κ3) is 2.91. The van der Waals surface area contributed by atoms with Gasteiger partial charge in [-0.05, 0) is 26.0 Å². The molecule has 3 aromatic rings. The number of aromatic nitrogens is 3. The lowest BCUT2D eigenvalue weighted by atomic mass is 10.3. The van der Waals surface area contributed by atoms with Gasteiger partial charge in [-0.2, -0.15) is 5.10 Å². The Morgan fingerprint density at radius 1 is 1.21 bits per heavy atom. The summed E-state index contributed by atoms with van der Waals surface area (Å²) in [6.07, 6.45) is 1.40. The summed E-state index contributed by atoms with van der Waals surface area (Å²) in [6, 6.07) is 4.62. The molecule has 124 valence electrons. The average molecular weight is 329 g/mol. The predicted molar refractivity (Wildman–Crippen MR) is 83.8 cm³/mol. The summed E-state index contributed by atoms with van der Waals surface area (Å²) < 4.78 is 11.4. The fourth-order valence-electron chi connectivity index (χ4n) is 2.12. The summed E-state index contributed by atoms with van der Waals surface area (Å²) in [4.78, 5) is 24.3. The second kappa shape index (κ2) is 6.03. The number of nitrogens with one attached hydrogen (secondary N) is 2. The molecule has 0 aliphatic carbocycles. The molecule has 0 aromatic carbocycles. The molecule has 9 nitrogen and oxygen atoms in total. The Kier molecular flexibility index (Phi) is 3.90. The quantitative estimate of drug-likeness (QED) is 0.757. The van der Waals surface area contributed by atoms with Crippen molar-refractivity contribution in [2.45, 2.75) is 13.8 Å². The van der Waals surface area contributed by atoms with Crippen LogP contribution in [0, 0.1) is 13.8 Å². The Morgan fingerprint density at radius 2 is 2.00 bits per heavy atom. The van der Waals surface area contributed by atoms with E-state index in [9.17, 15) is 9.59 Å². The van der Waals surface area contributed by atoms with Gasteiger partial charge in [0.15, 0.2) is 17.2 Å². The van der Waals surface area contributed by atoms with E-state index in [2.05, 4.69) is 20.9 Å². The predicted octanol–water partition coefficient (Wildman–Crippen LogP) is 2.12. The first-order valence-corrected chi connectivity index (χ1v) is 7.09. The first-order valence-electron chi connectivity index (χ1n) is 7.09. The molecule has 0 spiro atoms. The number of hydrogen-bond donors (Lipinski definition) is 2. The van der Waals surface area contributed by atoms with Crippen LogP contribution in [-0.4, -0.2) is 26.8 Å². The van der Waals surface area contributed by atoms with Crippen LogP contribution in [0.1, 0.15) is 32.5 Å². The summed E-state index contributed by atoms with van der Waals surface area (Å²) in [6.45, 7) is 3.42. The minimum atomic E-state index is -0.432. The Bertz CT molecular complexity index is 872. The molecule has 0 atom stereocenters. The van der Waals surface area contributed by atoms with Crippen molar-refractivity contribution in [3.63, 3.8) is 0 Å². The Labute approximate surface area is 136 Å². The standard InChI is InChI=1S/C15H15N5O4/c1-8-13(9(2)24-19-8)17-14(21)10-7-12(20(3)18-10)16-15(22)11-5-4-6-23-11/h4-7H,1-3H3,(H,16,22)(H,17,21). The number of carbonyl (C=O) groups is 2. The second-order valence-electron chi connectivity index (χ2n) is 5.12. The Morgan fingerprint density at radius 3 is 2.62 bits per heavy atom. The summed E-state index contributed by atoms with van der Waals surface area (Å²) >= 11 is 0. The van der Waals surface area contributed by atoms with Crippen LogP contribution in [0.15, 0.2) is 33.4 Å². The highest BCUT2D eigenvalue weighted by molar-refractivity contribution is 6.05. The molecule has 0 aliphatic heterocycles. The number of rotatable bonds is 4. The van der Waals surface area contributed by atoms with Crippen LogP contribution < -0.4 is 10.6 Å². The van der Waals surface area contributed by atoms with Crippen molar-refractivity contribution in [3.8, 4) is 0 Å². The SMILES string of the molecule is Cc1noc(C)c1NC(=O)c1cc(NC(=O)c2ccco2)n(C)n1. The molecule has 0 unspecified atom stereocenters. The number of furan rings is 1. The largest absolute Gasteiger partial charge is 0.459 e. The molecule has 3 heterocycles. The Hall–Kier alpha value is -3.36. The molecule has 0 bridgehead atoms. The number of amides is 2. The van der Waals surface area contributed by atoms with E-state index in [1.807, 2.05) is 0 Å². The van der Waals surface area contributed by atoms with Crippen molar-refractivity contribution in [3.05, 3.63) is 47.4 Å². The van der Waals surface area contributed by atoms with E-state index in [0.717, 1.165) is 0 Å². The first-order chi connectivity index (χ1) is 11.5. The first kappa shape index (κ1) is 15.5. The van der Waals surface area contributed by atoms with Gasteiger partial charge in [-0.25, -0.2) is 0 Å². The molecule has 3 aromatic heterocycles. The monoisotopic (exact) mass is 329 g/mol. The maximum absolute atomic E-state index is 12.3. The average Bonchev–Trinajstić information content (AvgIpc) is 3.26. The Balaban J connectivity index is 1.76. The smallest absolute Gasteiger partial charge is 0.292 e. The zero-order valence-electron chi connectivity index (χ0n) is 13.3. The lowest BCUT2D eigenvalue weighted by Gasteiger charge is -2.01.